The van der Waals surface area contributed by atoms with Crippen molar-refractivity contribution in [1.29, 1.82) is 0 Å². The van der Waals surface area contributed by atoms with Gasteiger partial charge in [0.2, 0.25) is 5.91 Å². The van der Waals surface area contributed by atoms with Crippen LogP contribution in [-0.4, -0.2) is 43.6 Å². The fourth-order valence-electron chi connectivity index (χ4n) is 3.12. The first-order valence-electron chi connectivity index (χ1n) is 8.81. The second-order valence-electron chi connectivity index (χ2n) is 7.02. The lowest BCUT2D eigenvalue weighted by Gasteiger charge is -2.23. The Morgan fingerprint density at radius 3 is 2.77 bits per heavy atom. The van der Waals surface area contributed by atoms with Crippen molar-refractivity contribution in [1.82, 2.24) is 25.0 Å². The van der Waals surface area contributed by atoms with Crippen LogP contribution in [-0.2, 0) is 18.4 Å². The molecule has 8 heteroatoms. The zero-order valence-corrected chi connectivity index (χ0v) is 15.1. The first-order valence-corrected chi connectivity index (χ1v) is 8.81. The smallest absolute Gasteiger partial charge is 0.273 e. The van der Waals surface area contributed by atoms with Crippen LogP contribution in [0.25, 0.3) is 0 Å². The monoisotopic (exact) mass is 354 g/mol. The highest BCUT2D eigenvalue weighted by Gasteiger charge is 2.36. The number of rotatable bonds is 5. The van der Waals surface area contributed by atoms with Gasteiger partial charge in [-0.15, -0.1) is 0 Å². The van der Waals surface area contributed by atoms with Crippen LogP contribution in [0.5, 0.6) is 0 Å². The van der Waals surface area contributed by atoms with Gasteiger partial charge < -0.3 is 15.5 Å². The number of carbonyl (C=O) groups is 2. The molecule has 2 N–H and O–H groups in total. The van der Waals surface area contributed by atoms with E-state index < -0.39 is 6.04 Å². The topological polar surface area (TPSA) is 92.1 Å². The average Bonchev–Trinajstić information content (AvgIpc) is 3.28. The van der Waals surface area contributed by atoms with Gasteiger partial charge in [-0.1, -0.05) is 6.07 Å². The summed E-state index contributed by atoms with van der Waals surface area (Å²) >= 11 is 0. The van der Waals surface area contributed by atoms with Gasteiger partial charge in [-0.2, -0.15) is 5.10 Å². The molecule has 1 atom stereocenters. The minimum atomic E-state index is -0.506. The summed E-state index contributed by atoms with van der Waals surface area (Å²) in [5.41, 5.74) is 2.14. The highest BCUT2D eigenvalue weighted by atomic mass is 16.2. The summed E-state index contributed by atoms with van der Waals surface area (Å²) < 4.78 is 1.72. The summed E-state index contributed by atoms with van der Waals surface area (Å²) in [4.78, 5) is 31.1. The quantitative estimate of drug-likeness (QED) is 0.849. The fraction of sp³-hybridized carbons (Fsp3) is 0.444. The fourth-order valence-corrected chi connectivity index (χ4v) is 3.12. The number of hydrogen-bond acceptors (Lipinski definition) is 5. The zero-order valence-electron chi connectivity index (χ0n) is 15.1. The summed E-state index contributed by atoms with van der Waals surface area (Å²) in [7, 11) is 1.84. The Hall–Kier alpha value is -2.90. The molecule has 1 saturated carbocycles. The highest BCUT2D eigenvalue weighted by Crippen LogP contribution is 2.26. The van der Waals surface area contributed by atoms with Crippen LogP contribution >= 0.6 is 0 Å². The Morgan fingerprint density at radius 1 is 1.35 bits per heavy atom. The van der Waals surface area contributed by atoms with E-state index in [0.29, 0.717) is 18.1 Å². The third-order valence-corrected chi connectivity index (χ3v) is 4.81. The second-order valence-corrected chi connectivity index (χ2v) is 7.02. The maximum atomic E-state index is 12.8. The number of aryl methyl sites for hydroxylation is 2. The molecule has 2 aromatic heterocycles. The molecule has 1 fully saturated rings. The number of fused-ring (bicyclic) bond motifs is 1. The second kappa shape index (κ2) is 6.12. The van der Waals surface area contributed by atoms with E-state index in [1.807, 2.05) is 32.2 Å². The Kier molecular flexibility index (Phi) is 3.90. The Balaban J connectivity index is 1.51. The number of anilines is 2. The standard InChI is InChI=1S/C18H22N6O2/c1-10-8-15(23(3)22-10)20-14-7-4-12-9-24(18(26)16(12)21-14)11(2)17(25)19-13-5-6-13/h4,7-8,11,13H,5-6,9H2,1-3H3,(H,19,25)(H,20,21)/t11-/m1/s1. The maximum Gasteiger partial charge on any atom is 0.273 e. The van der Waals surface area contributed by atoms with E-state index in [9.17, 15) is 9.59 Å². The third-order valence-electron chi connectivity index (χ3n) is 4.81. The molecule has 3 heterocycles. The molecule has 26 heavy (non-hydrogen) atoms. The molecule has 0 bridgehead atoms. The molecule has 1 aliphatic carbocycles. The van der Waals surface area contributed by atoms with Crippen LogP contribution in [0.1, 0.15) is 41.5 Å². The molecular weight excluding hydrogens is 332 g/mol. The van der Waals surface area contributed by atoms with Crippen molar-refractivity contribution in [3.8, 4) is 0 Å². The van der Waals surface area contributed by atoms with E-state index in [0.717, 1.165) is 29.9 Å². The Labute approximate surface area is 151 Å². The van der Waals surface area contributed by atoms with Gasteiger partial charge in [-0.25, -0.2) is 4.98 Å². The van der Waals surface area contributed by atoms with Crippen LogP contribution in [0.15, 0.2) is 18.2 Å². The van der Waals surface area contributed by atoms with Gasteiger partial charge in [-0.05, 0) is 32.8 Å². The van der Waals surface area contributed by atoms with Gasteiger partial charge in [0.25, 0.3) is 5.91 Å². The number of pyridine rings is 1. The minimum Gasteiger partial charge on any atom is -0.352 e. The molecule has 0 radical (unpaired) electrons. The Bertz CT molecular complexity index is 886. The summed E-state index contributed by atoms with van der Waals surface area (Å²) in [6.45, 7) is 4.08. The van der Waals surface area contributed by atoms with Gasteiger partial charge in [0.15, 0.2) is 0 Å². The van der Waals surface area contributed by atoms with E-state index in [1.54, 1.807) is 16.5 Å². The van der Waals surface area contributed by atoms with Crippen LogP contribution in [0.2, 0.25) is 0 Å². The molecule has 2 aromatic rings. The number of nitrogens with zero attached hydrogens (tertiary/aromatic N) is 4. The van der Waals surface area contributed by atoms with Crippen LogP contribution in [0.4, 0.5) is 11.6 Å². The van der Waals surface area contributed by atoms with Crippen molar-refractivity contribution in [3.63, 3.8) is 0 Å². The number of hydrogen-bond donors (Lipinski definition) is 2. The van der Waals surface area contributed by atoms with Crippen molar-refractivity contribution in [2.45, 2.75) is 45.3 Å². The normalized spacial score (nSPS) is 17.2. The number of carbonyl (C=O) groups excluding carboxylic acids is 2. The van der Waals surface area contributed by atoms with E-state index in [-0.39, 0.29) is 17.9 Å². The molecule has 136 valence electrons. The summed E-state index contributed by atoms with van der Waals surface area (Å²) in [6.07, 6.45) is 2.05. The molecule has 0 unspecified atom stereocenters. The molecule has 0 aromatic carbocycles. The first kappa shape index (κ1) is 16.6. The SMILES string of the molecule is Cc1cc(Nc2ccc3c(n2)C(=O)N([C@H](C)C(=O)NC2CC2)C3)n(C)n1. The average molecular weight is 354 g/mol. The van der Waals surface area contributed by atoms with Crippen molar-refractivity contribution in [3.05, 3.63) is 35.2 Å². The molecule has 0 saturated heterocycles. The lowest BCUT2D eigenvalue weighted by atomic mass is 10.2. The predicted molar refractivity (Wildman–Crippen MR) is 96.0 cm³/mol. The lowest BCUT2D eigenvalue weighted by molar-refractivity contribution is -0.125. The van der Waals surface area contributed by atoms with Crippen LogP contribution in [0.3, 0.4) is 0 Å². The van der Waals surface area contributed by atoms with Crippen molar-refractivity contribution < 1.29 is 9.59 Å². The minimum absolute atomic E-state index is 0.0997. The maximum absolute atomic E-state index is 12.8. The molecular formula is C18H22N6O2. The molecule has 2 amide bonds. The van der Waals surface area contributed by atoms with E-state index in [2.05, 4.69) is 20.7 Å². The molecule has 8 nitrogen and oxygen atoms in total. The zero-order chi connectivity index (χ0) is 18.4. The number of amides is 2. The third kappa shape index (κ3) is 3.02. The van der Waals surface area contributed by atoms with Gasteiger partial charge in [0.05, 0.1) is 5.69 Å². The van der Waals surface area contributed by atoms with Crippen molar-refractivity contribution in [2.24, 2.45) is 7.05 Å². The molecule has 2 aliphatic rings. The van der Waals surface area contributed by atoms with Gasteiger partial charge >= 0.3 is 0 Å². The largest absolute Gasteiger partial charge is 0.352 e. The van der Waals surface area contributed by atoms with Crippen molar-refractivity contribution >= 4 is 23.5 Å². The van der Waals surface area contributed by atoms with Gasteiger partial charge in [0.1, 0.15) is 23.4 Å². The van der Waals surface area contributed by atoms with Crippen molar-refractivity contribution in [2.75, 3.05) is 5.32 Å². The van der Waals surface area contributed by atoms with E-state index >= 15 is 0 Å². The number of aromatic nitrogens is 3. The van der Waals surface area contributed by atoms with Crippen LogP contribution < -0.4 is 10.6 Å². The predicted octanol–water partition coefficient (Wildman–Crippen LogP) is 1.49. The summed E-state index contributed by atoms with van der Waals surface area (Å²) in [5, 5.41) is 10.4. The lowest BCUT2D eigenvalue weighted by Crippen LogP contribution is -2.45. The van der Waals surface area contributed by atoms with E-state index in [1.165, 1.54) is 0 Å². The van der Waals surface area contributed by atoms with Gasteiger partial charge in [-0.3, -0.25) is 14.3 Å². The molecule has 1 aliphatic heterocycles. The van der Waals surface area contributed by atoms with E-state index in [4.69, 9.17) is 0 Å². The molecule has 0 spiro atoms. The Morgan fingerprint density at radius 2 is 2.12 bits per heavy atom. The molecule has 4 rings (SSSR count). The first-order chi connectivity index (χ1) is 12.4. The summed E-state index contributed by atoms with van der Waals surface area (Å²) in [5.74, 6) is 1.08. The number of nitrogens with one attached hydrogen (secondary N) is 2. The van der Waals surface area contributed by atoms with Crippen LogP contribution in [0, 0.1) is 6.92 Å². The highest BCUT2D eigenvalue weighted by molar-refractivity contribution is 5.99. The van der Waals surface area contributed by atoms with Gasteiger partial charge in [0, 0.05) is 31.3 Å². The summed E-state index contributed by atoms with van der Waals surface area (Å²) in [6, 6.07) is 5.41.